The average Bonchev–Trinajstić information content (AvgIpc) is 2.36. The SMILES string of the molecule is CCOC(=O)C=Cc1cccc2[nH]c(=O)oc(=O)c12. The van der Waals surface area contributed by atoms with Gasteiger partial charge < -0.3 is 9.15 Å². The lowest BCUT2D eigenvalue weighted by molar-refractivity contribution is -0.137. The van der Waals surface area contributed by atoms with Crippen LogP contribution in [0.15, 0.2) is 38.3 Å². The van der Waals surface area contributed by atoms with Crippen molar-refractivity contribution in [2.45, 2.75) is 6.92 Å². The van der Waals surface area contributed by atoms with Gasteiger partial charge in [-0.3, -0.25) is 4.98 Å². The van der Waals surface area contributed by atoms with E-state index in [0.717, 1.165) is 0 Å². The molecule has 0 saturated carbocycles. The predicted octanol–water partition coefficient (Wildman–Crippen LogP) is 1.06. The molecule has 0 spiro atoms. The van der Waals surface area contributed by atoms with Crippen molar-refractivity contribution in [2.24, 2.45) is 0 Å². The van der Waals surface area contributed by atoms with E-state index < -0.39 is 17.4 Å². The Balaban J connectivity index is 2.53. The molecule has 1 heterocycles. The van der Waals surface area contributed by atoms with Gasteiger partial charge in [-0.15, -0.1) is 0 Å². The number of benzene rings is 1. The first-order chi connectivity index (χ1) is 9.11. The first-order valence-electron chi connectivity index (χ1n) is 5.63. The van der Waals surface area contributed by atoms with Gasteiger partial charge in [-0.2, -0.15) is 0 Å². The zero-order chi connectivity index (χ0) is 13.8. The Morgan fingerprint density at radius 3 is 2.95 bits per heavy atom. The second-order valence-electron chi connectivity index (χ2n) is 3.66. The summed E-state index contributed by atoms with van der Waals surface area (Å²) in [6.45, 7) is 1.97. The number of rotatable bonds is 3. The molecule has 0 amide bonds. The highest BCUT2D eigenvalue weighted by atomic mass is 16.5. The fourth-order valence-electron chi connectivity index (χ4n) is 1.66. The first-order valence-corrected chi connectivity index (χ1v) is 5.63. The van der Waals surface area contributed by atoms with E-state index in [9.17, 15) is 14.4 Å². The highest BCUT2D eigenvalue weighted by Crippen LogP contribution is 2.13. The number of fused-ring (bicyclic) bond motifs is 1. The summed E-state index contributed by atoms with van der Waals surface area (Å²) >= 11 is 0. The van der Waals surface area contributed by atoms with Crippen LogP contribution in [0.4, 0.5) is 0 Å². The lowest BCUT2D eigenvalue weighted by Crippen LogP contribution is -2.15. The molecule has 19 heavy (non-hydrogen) atoms. The van der Waals surface area contributed by atoms with Crippen LogP contribution in [-0.2, 0) is 9.53 Å². The summed E-state index contributed by atoms with van der Waals surface area (Å²) in [5, 5.41) is 0.211. The van der Waals surface area contributed by atoms with E-state index in [-0.39, 0.29) is 12.0 Å². The minimum Gasteiger partial charge on any atom is -0.463 e. The van der Waals surface area contributed by atoms with Crippen molar-refractivity contribution in [3.63, 3.8) is 0 Å². The summed E-state index contributed by atoms with van der Waals surface area (Å²) in [5.74, 6) is -1.32. The van der Waals surface area contributed by atoms with Crippen molar-refractivity contribution < 1.29 is 13.9 Å². The number of carbonyl (C=O) groups excluding carboxylic acids is 1. The van der Waals surface area contributed by atoms with Gasteiger partial charge in [-0.25, -0.2) is 14.4 Å². The predicted molar refractivity (Wildman–Crippen MR) is 68.8 cm³/mol. The Bertz CT molecular complexity index is 753. The van der Waals surface area contributed by atoms with Gasteiger partial charge in [0, 0.05) is 6.08 Å². The Hall–Kier alpha value is -2.63. The number of hydrogen-bond acceptors (Lipinski definition) is 5. The van der Waals surface area contributed by atoms with Crippen LogP contribution in [0.2, 0.25) is 0 Å². The molecule has 1 aromatic carbocycles. The molecule has 0 aliphatic heterocycles. The van der Waals surface area contributed by atoms with E-state index >= 15 is 0 Å². The summed E-state index contributed by atoms with van der Waals surface area (Å²) in [6.07, 6.45) is 2.65. The van der Waals surface area contributed by atoms with Crippen molar-refractivity contribution >= 4 is 22.9 Å². The maximum atomic E-state index is 11.7. The van der Waals surface area contributed by atoms with Crippen LogP contribution in [0.1, 0.15) is 12.5 Å². The van der Waals surface area contributed by atoms with E-state index in [0.29, 0.717) is 11.1 Å². The summed E-state index contributed by atoms with van der Waals surface area (Å²) in [4.78, 5) is 36.3. The number of ether oxygens (including phenoxy) is 1. The molecule has 0 aliphatic carbocycles. The summed E-state index contributed by atoms with van der Waals surface area (Å²) in [6, 6.07) is 4.87. The van der Waals surface area contributed by atoms with Crippen molar-refractivity contribution in [1.29, 1.82) is 0 Å². The third kappa shape index (κ3) is 2.79. The van der Waals surface area contributed by atoms with Gasteiger partial charge in [0.2, 0.25) is 0 Å². The third-order valence-electron chi connectivity index (χ3n) is 2.41. The molecule has 0 bridgehead atoms. The standard InChI is InChI=1S/C13H11NO5/c1-2-18-10(15)7-6-8-4-3-5-9-11(8)12(16)19-13(17)14-9/h3-7H,2H2,1H3,(H,14,17). The maximum absolute atomic E-state index is 11.7. The Kier molecular flexibility index (Phi) is 3.61. The molecule has 0 saturated heterocycles. The number of aromatic nitrogens is 1. The molecule has 2 rings (SSSR count). The zero-order valence-corrected chi connectivity index (χ0v) is 10.1. The summed E-state index contributed by atoms with van der Waals surface area (Å²) in [5.41, 5.74) is 0.0747. The fraction of sp³-hybridized carbons (Fsp3) is 0.154. The molecule has 6 nitrogen and oxygen atoms in total. The molecule has 98 valence electrons. The molecule has 6 heteroatoms. The minimum atomic E-state index is -0.816. The van der Waals surface area contributed by atoms with Crippen LogP contribution >= 0.6 is 0 Å². The quantitative estimate of drug-likeness (QED) is 0.659. The number of H-pyrrole nitrogens is 1. The molecule has 0 fully saturated rings. The number of nitrogens with one attached hydrogen (secondary N) is 1. The molecule has 0 radical (unpaired) electrons. The van der Waals surface area contributed by atoms with Crippen LogP contribution in [-0.4, -0.2) is 17.6 Å². The number of carbonyl (C=O) groups is 1. The van der Waals surface area contributed by atoms with Crippen LogP contribution in [0, 0.1) is 0 Å². The van der Waals surface area contributed by atoms with Crippen LogP contribution < -0.4 is 11.4 Å². The maximum Gasteiger partial charge on any atom is 0.419 e. The second-order valence-corrected chi connectivity index (χ2v) is 3.66. The largest absolute Gasteiger partial charge is 0.463 e. The van der Waals surface area contributed by atoms with Crippen molar-refractivity contribution in [2.75, 3.05) is 6.61 Å². The first kappa shape index (κ1) is 12.8. The monoisotopic (exact) mass is 261 g/mol. The van der Waals surface area contributed by atoms with Crippen LogP contribution in [0.5, 0.6) is 0 Å². The lowest BCUT2D eigenvalue weighted by Gasteiger charge is -1.99. The lowest BCUT2D eigenvalue weighted by atomic mass is 10.1. The van der Waals surface area contributed by atoms with E-state index in [4.69, 9.17) is 4.74 Å². The van der Waals surface area contributed by atoms with Crippen LogP contribution in [0.3, 0.4) is 0 Å². The van der Waals surface area contributed by atoms with E-state index in [1.807, 2.05) is 0 Å². The smallest absolute Gasteiger partial charge is 0.419 e. The zero-order valence-electron chi connectivity index (χ0n) is 10.1. The van der Waals surface area contributed by atoms with Gasteiger partial charge in [-0.1, -0.05) is 12.1 Å². The molecular weight excluding hydrogens is 250 g/mol. The number of aromatic amines is 1. The highest BCUT2D eigenvalue weighted by Gasteiger charge is 2.06. The molecule has 1 aromatic heterocycles. The fourth-order valence-corrected chi connectivity index (χ4v) is 1.66. The normalized spacial score (nSPS) is 11.0. The van der Waals surface area contributed by atoms with Gasteiger partial charge >= 0.3 is 17.4 Å². The van der Waals surface area contributed by atoms with Gasteiger partial charge in [-0.05, 0) is 24.6 Å². The van der Waals surface area contributed by atoms with Crippen molar-refractivity contribution in [3.05, 3.63) is 50.8 Å². The van der Waals surface area contributed by atoms with E-state index in [2.05, 4.69) is 9.40 Å². The topological polar surface area (TPSA) is 89.4 Å². The number of hydrogen-bond donors (Lipinski definition) is 1. The average molecular weight is 261 g/mol. The summed E-state index contributed by atoms with van der Waals surface area (Å²) in [7, 11) is 0. The van der Waals surface area contributed by atoms with Gasteiger partial charge in [0.1, 0.15) is 0 Å². The molecular formula is C13H11NO5. The molecule has 0 atom stereocenters. The van der Waals surface area contributed by atoms with Crippen molar-refractivity contribution in [3.8, 4) is 0 Å². The minimum absolute atomic E-state index is 0.211. The van der Waals surface area contributed by atoms with E-state index in [1.54, 1.807) is 25.1 Å². The highest BCUT2D eigenvalue weighted by molar-refractivity contribution is 5.92. The number of esters is 1. The molecule has 2 aromatic rings. The van der Waals surface area contributed by atoms with Crippen LogP contribution in [0.25, 0.3) is 17.0 Å². The van der Waals surface area contributed by atoms with Gasteiger partial charge in [0.25, 0.3) is 0 Å². The molecule has 0 aliphatic rings. The Morgan fingerprint density at radius 1 is 1.42 bits per heavy atom. The molecule has 0 unspecified atom stereocenters. The molecule has 1 N–H and O–H groups in total. The summed E-state index contributed by atoms with van der Waals surface area (Å²) < 4.78 is 9.21. The second kappa shape index (κ2) is 5.34. The van der Waals surface area contributed by atoms with Gasteiger partial charge in [0.15, 0.2) is 0 Å². The third-order valence-corrected chi connectivity index (χ3v) is 2.41. The Morgan fingerprint density at radius 2 is 2.21 bits per heavy atom. The van der Waals surface area contributed by atoms with E-state index in [1.165, 1.54) is 12.2 Å². The van der Waals surface area contributed by atoms with Crippen molar-refractivity contribution in [1.82, 2.24) is 4.98 Å². The Labute approximate surface area is 107 Å². The van der Waals surface area contributed by atoms with Gasteiger partial charge in [0.05, 0.1) is 17.5 Å².